The molecule has 2 heterocycles. The van der Waals surface area contributed by atoms with Gasteiger partial charge in [0.2, 0.25) is 5.88 Å². The molecule has 0 saturated carbocycles. The molecule has 0 bridgehead atoms. The minimum atomic E-state index is -0.581. The van der Waals surface area contributed by atoms with E-state index in [4.69, 9.17) is 26.9 Å². The summed E-state index contributed by atoms with van der Waals surface area (Å²) in [6.07, 6.45) is 2.43. The van der Waals surface area contributed by atoms with Crippen LogP contribution in [-0.2, 0) is 6.42 Å². The summed E-state index contributed by atoms with van der Waals surface area (Å²) in [5.74, 6) is 6.72. The van der Waals surface area contributed by atoms with Crippen LogP contribution in [0.1, 0.15) is 12.5 Å². The number of ether oxygens (including phenoxy) is 2. The van der Waals surface area contributed by atoms with Crippen molar-refractivity contribution in [3.8, 4) is 34.7 Å². The Morgan fingerprint density at radius 3 is 2.74 bits per heavy atom. The lowest BCUT2D eigenvalue weighted by Gasteiger charge is -2.12. The number of nitrogens with zero attached hydrogens (tertiary/aromatic N) is 5. The normalized spacial score (nSPS) is 10.8. The van der Waals surface area contributed by atoms with Gasteiger partial charge in [-0.3, -0.25) is 0 Å². The molecule has 0 amide bonds. The fraction of sp³-hybridized carbons (Fsp3) is 0.143. The Kier molecular flexibility index (Phi) is 5.59. The Hall–Kier alpha value is -3.85. The topological polar surface area (TPSA) is 110 Å². The molecule has 0 aliphatic heterocycles. The monoisotopic (exact) mass is 438 g/mol. The zero-order chi connectivity index (χ0) is 22.0. The molecule has 4 aromatic rings. The number of benzene rings is 2. The number of aromatic nitrogens is 5. The first-order valence-corrected chi connectivity index (χ1v) is 9.79. The summed E-state index contributed by atoms with van der Waals surface area (Å²) in [6, 6.07) is 14.3. The van der Waals surface area contributed by atoms with Gasteiger partial charge in [-0.25, -0.2) is 14.3 Å². The Bertz CT molecular complexity index is 1300. The van der Waals surface area contributed by atoms with Gasteiger partial charge in [0, 0.05) is 22.8 Å². The average molecular weight is 439 g/mol. The number of nitrogens with two attached hydrogens (primary N) is 1. The smallest absolute Gasteiger partial charge is 0.372 e. The lowest BCUT2D eigenvalue weighted by molar-refractivity contribution is 0.367. The van der Waals surface area contributed by atoms with Gasteiger partial charge >= 0.3 is 11.7 Å². The molecular weight excluding hydrogens is 420 g/mol. The van der Waals surface area contributed by atoms with Gasteiger partial charge in [0.05, 0.1) is 12.8 Å². The van der Waals surface area contributed by atoms with E-state index in [-0.39, 0.29) is 6.01 Å². The van der Waals surface area contributed by atoms with Crippen LogP contribution in [0, 0.1) is 0 Å². The summed E-state index contributed by atoms with van der Waals surface area (Å²) in [4.78, 5) is 22.0. The van der Waals surface area contributed by atoms with Crippen molar-refractivity contribution in [3.63, 3.8) is 0 Å². The van der Waals surface area contributed by atoms with E-state index in [2.05, 4.69) is 15.1 Å². The minimum absolute atomic E-state index is 0.0259. The van der Waals surface area contributed by atoms with Crippen LogP contribution in [-0.4, -0.2) is 31.5 Å². The second-order valence-corrected chi connectivity index (χ2v) is 6.98. The second kappa shape index (κ2) is 8.49. The van der Waals surface area contributed by atoms with Crippen molar-refractivity contribution >= 4 is 11.6 Å². The van der Waals surface area contributed by atoms with E-state index in [1.807, 2.05) is 19.1 Å². The molecule has 0 unspecified atom stereocenters. The first-order valence-electron chi connectivity index (χ1n) is 9.41. The fourth-order valence-corrected chi connectivity index (χ4v) is 3.32. The molecule has 9 nitrogen and oxygen atoms in total. The molecule has 2 aromatic carbocycles. The van der Waals surface area contributed by atoms with E-state index in [1.165, 1.54) is 11.7 Å². The van der Waals surface area contributed by atoms with E-state index in [9.17, 15) is 4.79 Å². The number of hydrogen-bond acceptors (Lipinski definition) is 7. The van der Waals surface area contributed by atoms with Crippen molar-refractivity contribution in [3.05, 3.63) is 75.8 Å². The van der Waals surface area contributed by atoms with Gasteiger partial charge in [-0.1, -0.05) is 35.8 Å². The van der Waals surface area contributed by atoms with E-state index >= 15 is 0 Å². The van der Waals surface area contributed by atoms with E-state index in [1.54, 1.807) is 42.6 Å². The molecule has 0 saturated heterocycles. The number of aryl methyl sites for hydroxylation is 1. The highest BCUT2D eigenvalue weighted by Crippen LogP contribution is 2.30. The first-order chi connectivity index (χ1) is 15.0. The number of halogens is 1. The van der Waals surface area contributed by atoms with Gasteiger partial charge in [0.1, 0.15) is 0 Å². The molecule has 0 fully saturated rings. The third kappa shape index (κ3) is 4.08. The average Bonchev–Trinajstić information content (AvgIpc) is 3.07. The number of methoxy groups -OCH3 is 1. The van der Waals surface area contributed by atoms with Crippen LogP contribution in [0.25, 0.3) is 17.1 Å². The Morgan fingerprint density at radius 2 is 1.97 bits per heavy atom. The summed E-state index contributed by atoms with van der Waals surface area (Å²) in [5.41, 5.74) is 1.68. The summed E-state index contributed by atoms with van der Waals surface area (Å²) >= 11 is 6.23. The van der Waals surface area contributed by atoms with Gasteiger partial charge < -0.3 is 15.3 Å². The lowest BCUT2D eigenvalue weighted by atomic mass is 10.1. The van der Waals surface area contributed by atoms with Crippen molar-refractivity contribution in [2.75, 3.05) is 13.0 Å². The van der Waals surface area contributed by atoms with Crippen LogP contribution >= 0.6 is 11.6 Å². The van der Waals surface area contributed by atoms with Crippen LogP contribution in [0.4, 0.5) is 0 Å². The molecule has 158 valence electrons. The van der Waals surface area contributed by atoms with Crippen molar-refractivity contribution in [2.45, 2.75) is 13.3 Å². The number of hydrogen-bond donors (Lipinski definition) is 1. The molecule has 2 aromatic heterocycles. The minimum Gasteiger partial charge on any atom is -0.467 e. The molecule has 0 spiro atoms. The predicted octanol–water partition coefficient (Wildman–Crippen LogP) is 3.22. The highest BCUT2D eigenvalue weighted by molar-refractivity contribution is 6.30. The molecule has 0 aliphatic rings. The molecular formula is C21H19ClN6O3. The highest BCUT2D eigenvalue weighted by Gasteiger charge is 2.18. The summed E-state index contributed by atoms with van der Waals surface area (Å²) < 4.78 is 12.4. The van der Waals surface area contributed by atoms with Crippen molar-refractivity contribution in [1.29, 1.82) is 0 Å². The molecule has 4 rings (SSSR count). The molecule has 31 heavy (non-hydrogen) atoms. The third-order valence-corrected chi connectivity index (χ3v) is 4.75. The third-order valence-electron chi connectivity index (χ3n) is 4.53. The van der Waals surface area contributed by atoms with E-state index in [0.717, 1.165) is 17.5 Å². The fourth-order valence-electron chi connectivity index (χ4n) is 3.06. The zero-order valence-corrected chi connectivity index (χ0v) is 17.6. The lowest BCUT2D eigenvalue weighted by Crippen LogP contribution is -2.29. The number of para-hydroxylation sites is 2. The maximum absolute atomic E-state index is 12.4. The first kappa shape index (κ1) is 20.4. The van der Waals surface area contributed by atoms with Crippen molar-refractivity contribution in [1.82, 2.24) is 24.4 Å². The Balaban J connectivity index is 1.74. The van der Waals surface area contributed by atoms with Gasteiger partial charge in [-0.15, -0.1) is 4.79 Å². The van der Waals surface area contributed by atoms with E-state index in [0.29, 0.717) is 33.0 Å². The second-order valence-electron chi connectivity index (χ2n) is 6.54. The van der Waals surface area contributed by atoms with Crippen LogP contribution in [0.15, 0.2) is 59.5 Å². The molecule has 0 atom stereocenters. The van der Waals surface area contributed by atoms with Crippen LogP contribution in [0.5, 0.6) is 17.6 Å². The zero-order valence-electron chi connectivity index (χ0n) is 16.8. The summed E-state index contributed by atoms with van der Waals surface area (Å²) in [5, 5.41) is 4.47. The molecule has 0 radical (unpaired) electrons. The van der Waals surface area contributed by atoms with Gasteiger partial charge in [0.15, 0.2) is 11.6 Å². The van der Waals surface area contributed by atoms with Crippen LogP contribution in [0.3, 0.4) is 0 Å². The maximum atomic E-state index is 12.4. The van der Waals surface area contributed by atoms with Gasteiger partial charge in [-0.2, -0.15) is 4.98 Å². The summed E-state index contributed by atoms with van der Waals surface area (Å²) in [6.45, 7) is 2.05. The highest BCUT2D eigenvalue weighted by atomic mass is 35.5. The molecule has 2 N–H and O–H groups in total. The summed E-state index contributed by atoms with van der Waals surface area (Å²) in [7, 11) is 1.40. The van der Waals surface area contributed by atoms with Crippen LogP contribution < -0.4 is 21.0 Å². The SMILES string of the molecule is CCc1cc(Cl)cc(-c2nccc(Oc3ccccc3-n3c(OC)nn(N)c3=O)n2)c1. The Morgan fingerprint density at radius 1 is 1.16 bits per heavy atom. The predicted molar refractivity (Wildman–Crippen MR) is 116 cm³/mol. The Labute approximate surface area is 182 Å². The quantitative estimate of drug-likeness (QED) is 0.460. The number of rotatable bonds is 6. The molecule has 10 heteroatoms. The van der Waals surface area contributed by atoms with Gasteiger partial charge in [-0.05, 0) is 42.3 Å². The van der Waals surface area contributed by atoms with Crippen LogP contribution in [0.2, 0.25) is 5.02 Å². The van der Waals surface area contributed by atoms with Crippen molar-refractivity contribution < 1.29 is 9.47 Å². The maximum Gasteiger partial charge on any atom is 0.372 e. The largest absolute Gasteiger partial charge is 0.467 e. The molecule has 0 aliphatic carbocycles. The standard InChI is InChI=1S/C21H19ClN6O3/c1-3-13-10-14(12-15(22)11-13)19-24-9-8-18(25-19)31-17-7-5-4-6-16(17)27-20(30-2)26-28(23)21(27)29/h4-12H,3,23H2,1-2H3. The van der Waals surface area contributed by atoms with E-state index < -0.39 is 5.69 Å². The van der Waals surface area contributed by atoms with Crippen molar-refractivity contribution in [2.24, 2.45) is 0 Å². The van der Waals surface area contributed by atoms with Gasteiger partial charge in [0.25, 0.3) is 0 Å². The number of nitrogen functional groups attached to an aromatic ring is 1.